The smallest absolute Gasteiger partial charge is 0.197 e. The molecule has 0 N–H and O–H groups in total. The molecule has 112 valence electrons. The number of hydrogen-bond acceptors (Lipinski definition) is 3. The van der Waals surface area contributed by atoms with Gasteiger partial charge in [0, 0.05) is 11.6 Å². The van der Waals surface area contributed by atoms with Gasteiger partial charge in [-0.15, -0.1) is 0 Å². The molecule has 0 aliphatic heterocycles. The average molecular weight is 294 g/mol. The Morgan fingerprint density at radius 3 is 2.55 bits per heavy atom. The third-order valence-corrected chi connectivity index (χ3v) is 3.35. The third-order valence-electron chi connectivity index (χ3n) is 3.35. The van der Waals surface area contributed by atoms with Crippen molar-refractivity contribution in [3.8, 4) is 17.1 Å². The van der Waals surface area contributed by atoms with Gasteiger partial charge in [-0.3, -0.25) is 4.79 Å². The molecule has 0 saturated heterocycles. The number of ether oxygens (including phenoxy) is 1. The Morgan fingerprint density at radius 2 is 1.82 bits per heavy atom. The van der Waals surface area contributed by atoms with E-state index in [2.05, 4.69) is 13.8 Å². The predicted molar refractivity (Wildman–Crippen MR) is 88.3 cm³/mol. The number of hydrogen-bond donors (Lipinski definition) is 0. The lowest BCUT2D eigenvalue weighted by Gasteiger charge is -2.11. The van der Waals surface area contributed by atoms with Crippen molar-refractivity contribution in [2.75, 3.05) is 6.61 Å². The Hall–Kier alpha value is -2.55. The molecule has 3 rings (SSSR count). The van der Waals surface area contributed by atoms with E-state index in [1.807, 2.05) is 42.5 Å². The van der Waals surface area contributed by atoms with Gasteiger partial charge in [0.2, 0.25) is 0 Å². The topological polar surface area (TPSA) is 39.4 Å². The van der Waals surface area contributed by atoms with Crippen LogP contribution in [-0.4, -0.2) is 6.61 Å². The van der Waals surface area contributed by atoms with Gasteiger partial charge >= 0.3 is 0 Å². The third kappa shape index (κ3) is 2.89. The number of fused-ring (bicyclic) bond motifs is 1. The summed E-state index contributed by atoms with van der Waals surface area (Å²) in [5, 5.41) is 0.503. The molecular weight excluding hydrogens is 276 g/mol. The van der Waals surface area contributed by atoms with Crippen molar-refractivity contribution < 1.29 is 9.15 Å². The summed E-state index contributed by atoms with van der Waals surface area (Å²) in [4.78, 5) is 12.5. The van der Waals surface area contributed by atoms with Crippen LogP contribution in [0.25, 0.3) is 22.3 Å². The molecule has 0 aliphatic rings. The molecule has 22 heavy (non-hydrogen) atoms. The molecule has 3 nitrogen and oxygen atoms in total. The first-order valence-corrected chi connectivity index (χ1v) is 7.40. The summed E-state index contributed by atoms with van der Waals surface area (Å²) < 4.78 is 11.6. The Balaban J connectivity index is 2.11. The van der Waals surface area contributed by atoms with E-state index in [0.717, 1.165) is 5.56 Å². The van der Waals surface area contributed by atoms with E-state index in [0.29, 0.717) is 35.0 Å². The van der Waals surface area contributed by atoms with Crippen molar-refractivity contribution in [2.45, 2.75) is 13.8 Å². The molecule has 0 unspecified atom stereocenters. The van der Waals surface area contributed by atoms with E-state index in [1.54, 1.807) is 6.07 Å². The minimum Gasteiger partial charge on any atom is -0.492 e. The quantitative estimate of drug-likeness (QED) is 0.711. The number of benzene rings is 2. The van der Waals surface area contributed by atoms with Crippen molar-refractivity contribution in [1.29, 1.82) is 0 Å². The molecule has 3 heteroatoms. The van der Waals surface area contributed by atoms with Gasteiger partial charge in [-0.2, -0.15) is 0 Å². The highest BCUT2D eigenvalue weighted by atomic mass is 16.5. The van der Waals surface area contributed by atoms with E-state index >= 15 is 0 Å². The maximum atomic E-state index is 12.5. The van der Waals surface area contributed by atoms with Gasteiger partial charge in [-0.25, -0.2) is 0 Å². The van der Waals surface area contributed by atoms with Crippen LogP contribution in [0.2, 0.25) is 0 Å². The van der Waals surface area contributed by atoms with Crippen LogP contribution in [0.4, 0.5) is 0 Å². The fraction of sp³-hybridized carbons (Fsp3) is 0.211. The second-order valence-corrected chi connectivity index (χ2v) is 5.68. The van der Waals surface area contributed by atoms with Crippen LogP contribution >= 0.6 is 0 Å². The molecule has 0 fully saturated rings. The van der Waals surface area contributed by atoms with Crippen molar-refractivity contribution in [2.24, 2.45) is 5.92 Å². The zero-order valence-electron chi connectivity index (χ0n) is 12.7. The second-order valence-electron chi connectivity index (χ2n) is 5.68. The highest BCUT2D eigenvalue weighted by molar-refractivity contribution is 5.84. The van der Waals surface area contributed by atoms with E-state index < -0.39 is 0 Å². The van der Waals surface area contributed by atoms with E-state index in [9.17, 15) is 4.79 Å². The summed E-state index contributed by atoms with van der Waals surface area (Å²) >= 11 is 0. The van der Waals surface area contributed by atoms with Gasteiger partial charge < -0.3 is 9.15 Å². The van der Waals surface area contributed by atoms with Gasteiger partial charge in [-0.1, -0.05) is 50.2 Å². The van der Waals surface area contributed by atoms with E-state index in [1.165, 1.54) is 6.07 Å². The van der Waals surface area contributed by atoms with Crippen molar-refractivity contribution >= 4 is 11.0 Å². The normalized spacial score (nSPS) is 11.0. The standard InChI is InChI=1S/C19H18O3/c1-13(2)12-21-16-9-6-10-17-19(16)15(20)11-18(22-17)14-7-4-3-5-8-14/h3-11,13H,12H2,1-2H3. The van der Waals surface area contributed by atoms with Gasteiger partial charge in [0.1, 0.15) is 22.5 Å². The molecular formula is C19H18O3. The monoisotopic (exact) mass is 294 g/mol. The van der Waals surface area contributed by atoms with Crippen LogP contribution in [0.1, 0.15) is 13.8 Å². The molecule has 0 bridgehead atoms. The largest absolute Gasteiger partial charge is 0.492 e. The summed E-state index contributed by atoms with van der Waals surface area (Å²) in [5.74, 6) is 1.55. The molecule has 0 aliphatic carbocycles. The first-order chi connectivity index (χ1) is 10.6. The summed E-state index contributed by atoms with van der Waals surface area (Å²) in [5.41, 5.74) is 1.35. The first kappa shape index (κ1) is 14.4. The minimum atomic E-state index is -0.0838. The van der Waals surface area contributed by atoms with Crippen LogP contribution in [0.15, 0.2) is 63.8 Å². The minimum absolute atomic E-state index is 0.0838. The van der Waals surface area contributed by atoms with Crippen molar-refractivity contribution in [3.63, 3.8) is 0 Å². The molecule has 0 amide bonds. The predicted octanol–water partition coefficient (Wildman–Crippen LogP) is 4.49. The SMILES string of the molecule is CC(C)COc1cccc2oc(-c3ccccc3)cc(=O)c12. The highest BCUT2D eigenvalue weighted by Gasteiger charge is 2.11. The Bertz CT molecular complexity index is 832. The Kier molecular flexibility index (Phi) is 3.96. The zero-order chi connectivity index (χ0) is 15.5. The number of rotatable bonds is 4. The van der Waals surface area contributed by atoms with Crippen molar-refractivity contribution in [3.05, 3.63) is 64.8 Å². The average Bonchev–Trinajstić information content (AvgIpc) is 2.53. The van der Waals surface area contributed by atoms with E-state index in [-0.39, 0.29) is 5.43 Å². The van der Waals surface area contributed by atoms with Gasteiger partial charge in [0.25, 0.3) is 0 Å². The maximum absolute atomic E-state index is 12.5. The molecule has 1 aromatic heterocycles. The summed E-state index contributed by atoms with van der Waals surface area (Å²) in [6, 6.07) is 16.6. The van der Waals surface area contributed by atoms with Crippen LogP contribution in [0, 0.1) is 5.92 Å². The lowest BCUT2D eigenvalue weighted by molar-refractivity contribution is 0.273. The summed E-state index contributed by atoms with van der Waals surface area (Å²) in [7, 11) is 0. The van der Waals surface area contributed by atoms with Crippen LogP contribution in [0.5, 0.6) is 5.75 Å². The lowest BCUT2D eigenvalue weighted by Crippen LogP contribution is -2.08. The maximum Gasteiger partial charge on any atom is 0.197 e. The van der Waals surface area contributed by atoms with Crippen LogP contribution in [-0.2, 0) is 0 Å². The zero-order valence-corrected chi connectivity index (χ0v) is 12.7. The molecule has 0 atom stereocenters. The van der Waals surface area contributed by atoms with Gasteiger partial charge in [-0.05, 0) is 18.1 Å². The molecule has 0 spiro atoms. The van der Waals surface area contributed by atoms with E-state index in [4.69, 9.17) is 9.15 Å². The van der Waals surface area contributed by atoms with Crippen molar-refractivity contribution in [1.82, 2.24) is 0 Å². The summed E-state index contributed by atoms with van der Waals surface area (Å²) in [6.45, 7) is 4.71. The molecule has 0 saturated carbocycles. The van der Waals surface area contributed by atoms with Crippen LogP contribution in [0.3, 0.4) is 0 Å². The lowest BCUT2D eigenvalue weighted by atomic mass is 10.1. The summed E-state index contributed by atoms with van der Waals surface area (Å²) in [6.07, 6.45) is 0. The van der Waals surface area contributed by atoms with Gasteiger partial charge in [0.15, 0.2) is 5.43 Å². The highest BCUT2D eigenvalue weighted by Crippen LogP contribution is 2.27. The van der Waals surface area contributed by atoms with Gasteiger partial charge in [0.05, 0.1) is 6.61 Å². The molecule has 3 aromatic rings. The first-order valence-electron chi connectivity index (χ1n) is 7.40. The van der Waals surface area contributed by atoms with Crippen LogP contribution < -0.4 is 10.2 Å². The Morgan fingerprint density at radius 1 is 1.05 bits per heavy atom. The molecule has 1 heterocycles. The Labute approximate surface area is 129 Å². The fourth-order valence-electron chi connectivity index (χ4n) is 2.30. The fourth-order valence-corrected chi connectivity index (χ4v) is 2.30. The molecule has 0 radical (unpaired) electrons. The molecule has 2 aromatic carbocycles. The second kappa shape index (κ2) is 6.06.